The zero-order valence-corrected chi connectivity index (χ0v) is 15.7. The van der Waals surface area contributed by atoms with Crippen LogP contribution in [0.5, 0.6) is 0 Å². The summed E-state index contributed by atoms with van der Waals surface area (Å²) in [6.45, 7) is 1.97. The number of hydrogen-bond acceptors (Lipinski definition) is 4. The highest BCUT2D eigenvalue weighted by Gasteiger charge is 2.18. The standard InChI is InChI=1S/C23H18N4O2/c1-14(18-8-4-6-15-5-2-3-7-19(15)18)25-23(28)21-12-22(29-27-21)16-9-10-20-17(11-16)13-24-26-20/h2-14H,1H3,(H,24,26)(H,25,28). The Kier molecular flexibility index (Phi) is 4.09. The lowest BCUT2D eigenvalue weighted by Gasteiger charge is -2.15. The third kappa shape index (κ3) is 3.14. The highest BCUT2D eigenvalue weighted by Crippen LogP contribution is 2.26. The first-order chi connectivity index (χ1) is 14.2. The number of amides is 1. The van der Waals surface area contributed by atoms with Gasteiger partial charge in [0.1, 0.15) is 0 Å². The van der Waals surface area contributed by atoms with Gasteiger partial charge in [-0.2, -0.15) is 5.10 Å². The molecule has 2 aromatic heterocycles. The molecule has 0 saturated heterocycles. The number of hydrogen-bond donors (Lipinski definition) is 2. The predicted octanol–water partition coefficient (Wildman–Crippen LogP) is 4.86. The molecule has 3 aromatic carbocycles. The second kappa shape index (κ2) is 6.91. The predicted molar refractivity (Wildman–Crippen MR) is 111 cm³/mol. The number of benzene rings is 3. The van der Waals surface area contributed by atoms with Crippen LogP contribution < -0.4 is 5.32 Å². The summed E-state index contributed by atoms with van der Waals surface area (Å²) in [7, 11) is 0. The number of H-pyrrole nitrogens is 1. The number of aromatic nitrogens is 3. The van der Waals surface area contributed by atoms with Crippen molar-refractivity contribution in [3.63, 3.8) is 0 Å². The molecule has 2 N–H and O–H groups in total. The van der Waals surface area contributed by atoms with E-state index in [1.165, 1.54) is 0 Å². The first kappa shape index (κ1) is 17.2. The summed E-state index contributed by atoms with van der Waals surface area (Å²) in [6.07, 6.45) is 1.74. The van der Waals surface area contributed by atoms with Crippen molar-refractivity contribution in [3.8, 4) is 11.3 Å². The molecule has 2 heterocycles. The summed E-state index contributed by atoms with van der Waals surface area (Å²) in [5, 5.41) is 17.1. The monoisotopic (exact) mass is 382 g/mol. The van der Waals surface area contributed by atoms with Crippen molar-refractivity contribution in [1.82, 2.24) is 20.7 Å². The van der Waals surface area contributed by atoms with Crippen molar-refractivity contribution >= 4 is 27.6 Å². The molecule has 6 heteroatoms. The van der Waals surface area contributed by atoms with Gasteiger partial charge in [-0.15, -0.1) is 0 Å². The fourth-order valence-electron chi connectivity index (χ4n) is 3.59. The quantitative estimate of drug-likeness (QED) is 0.465. The molecule has 1 amide bonds. The van der Waals surface area contributed by atoms with Gasteiger partial charge < -0.3 is 9.84 Å². The van der Waals surface area contributed by atoms with E-state index in [-0.39, 0.29) is 17.6 Å². The van der Waals surface area contributed by atoms with Crippen molar-refractivity contribution in [3.05, 3.63) is 84.2 Å². The van der Waals surface area contributed by atoms with Crippen molar-refractivity contribution < 1.29 is 9.32 Å². The van der Waals surface area contributed by atoms with Crippen LogP contribution in [0.4, 0.5) is 0 Å². The van der Waals surface area contributed by atoms with E-state index in [4.69, 9.17) is 4.52 Å². The Hall–Kier alpha value is -3.93. The number of nitrogens with one attached hydrogen (secondary N) is 2. The minimum atomic E-state index is -0.273. The molecule has 142 valence electrons. The summed E-state index contributed by atoms with van der Waals surface area (Å²) in [6, 6.07) is 21.5. The van der Waals surface area contributed by atoms with E-state index >= 15 is 0 Å². The number of nitrogens with zero attached hydrogens (tertiary/aromatic N) is 2. The van der Waals surface area contributed by atoms with Gasteiger partial charge in [0.25, 0.3) is 5.91 Å². The molecule has 0 aliphatic heterocycles. The highest BCUT2D eigenvalue weighted by atomic mass is 16.5. The summed E-state index contributed by atoms with van der Waals surface area (Å²) < 4.78 is 5.41. The van der Waals surface area contributed by atoms with E-state index in [1.807, 2.05) is 49.4 Å². The number of fused-ring (bicyclic) bond motifs is 2. The molecule has 0 radical (unpaired) electrons. The van der Waals surface area contributed by atoms with Crippen molar-refractivity contribution in [2.75, 3.05) is 0 Å². The van der Waals surface area contributed by atoms with E-state index in [0.29, 0.717) is 5.76 Å². The van der Waals surface area contributed by atoms with Gasteiger partial charge in [-0.3, -0.25) is 9.89 Å². The molecule has 0 bridgehead atoms. The Morgan fingerprint density at radius 3 is 2.83 bits per heavy atom. The van der Waals surface area contributed by atoms with E-state index in [9.17, 15) is 4.79 Å². The lowest BCUT2D eigenvalue weighted by molar-refractivity contribution is 0.0931. The molecule has 0 saturated carbocycles. The molecule has 0 aliphatic carbocycles. The molecular formula is C23H18N4O2. The SMILES string of the molecule is CC(NC(=O)c1cc(-c2ccc3[nH]ncc3c2)on1)c1cccc2ccccc12. The minimum Gasteiger partial charge on any atom is -0.355 e. The van der Waals surface area contributed by atoms with Crippen LogP contribution in [0.2, 0.25) is 0 Å². The third-order valence-electron chi connectivity index (χ3n) is 5.10. The van der Waals surface area contributed by atoms with Crippen LogP contribution in [0, 0.1) is 0 Å². The van der Waals surface area contributed by atoms with E-state index in [0.717, 1.165) is 32.8 Å². The zero-order chi connectivity index (χ0) is 19.8. The number of aromatic amines is 1. The van der Waals surface area contributed by atoms with Gasteiger partial charge in [0, 0.05) is 17.0 Å². The first-order valence-electron chi connectivity index (χ1n) is 9.38. The topological polar surface area (TPSA) is 83.8 Å². The Balaban J connectivity index is 1.38. The Morgan fingerprint density at radius 1 is 1.03 bits per heavy atom. The zero-order valence-electron chi connectivity index (χ0n) is 15.7. The lowest BCUT2D eigenvalue weighted by atomic mass is 9.99. The van der Waals surface area contributed by atoms with Gasteiger partial charge in [0.2, 0.25) is 0 Å². The average molecular weight is 382 g/mol. The van der Waals surface area contributed by atoms with E-state index in [1.54, 1.807) is 12.3 Å². The summed E-state index contributed by atoms with van der Waals surface area (Å²) in [4.78, 5) is 12.7. The Bertz CT molecular complexity index is 1330. The summed E-state index contributed by atoms with van der Waals surface area (Å²) >= 11 is 0. The smallest absolute Gasteiger partial charge is 0.273 e. The Labute approximate surface area is 166 Å². The fraction of sp³-hybridized carbons (Fsp3) is 0.0870. The maximum atomic E-state index is 12.7. The third-order valence-corrected chi connectivity index (χ3v) is 5.10. The molecule has 5 rings (SSSR count). The molecule has 5 aromatic rings. The molecule has 6 nitrogen and oxygen atoms in total. The average Bonchev–Trinajstić information content (AvgIpc) is 3.42. The van der Waals surface area contributed by atoms with E-state index in [2.05, 4.69) is 38.9 Å². The van der Waals surface area contributed by atoms with Crippen LogP contribution in [-0.4, -0.2) is 21.3 Å². The lowest BCUT2D eigenvalue weighted by Crippen LogP contribution is -2.27. The van der Waals surface area contributed by atoms with Crippen molar-refractivity contribution in [2.45, 2.75) is 13.0 Å². The van der Waals surface area contributed by atoms with Crippen molar-refractivity contribution in [1.29, 1.82) is 0 Å². The normalized spacial score (nSPS) is 12.3. The number of carbonyl (C=O) groups excluding carboxylic acids is 1. The van der Waals surface area contributed by atoms with Crippen LogP contribution in [0.1, 0.15) is 29.0 Å². The Morgan fingerprint density at radius 2 is 1.90 bits per heavy atom. The second-order valence-electron chi connectivity index (χ2n) is 7.01. The number of rotatable bonds is 4. The number of carbonyl (C=O) groups is 1. The van der Waals surface area contributed by atoms with Crippen LogP contribution in [-0.2, 0) is 0 Å². The summed E-state index contributed by atoms with van der Waals surface area (Å²) in [5.74, 6) is 0.265. The van der Waals surface area contributed by atoms with Crippen LogP contribution in [0.25, 0.3) is 33.0 Å². The van der Waals surface area contributed by atoms with Gasteiger partial charge >= 0.3 is 0 Å². The van der Waals surface area contributed by atoms with Crippen LogP contribution >= 0.6 is 0 Å². The highest BCUT2D eigenvalue weighted by molar-refractivity contribution is 5.94. The molecule has 0 aliphatic rings. The van der Waals surface area contributed by atoms with Gasteiger partial charge in [0.05, 0.1) is 17.8 Å². The molecule has 0 spiro atoms. The maximum Gasteiger partial charge on any atom is 0.273 e. The molecule has 1 unspecified atom stereocenters. The second-order valence-corrected chi connectivity index (χ2v) is 7.01. The first-order valence-corrected chi connectivity index (χ1v) is 9.38. The fourth-order valence-corrected chi connectivity index (χ4v) is 3.59. The molecule has 0 fully saturated rings. The molecule has 29 heavy (non-hydrogen) atoms. The minimum absolute atomic E-state index is 0.170. The molecular weight excluding hydrogens is 364 g/mol. The molecule has 1 atom stereocenters. The summed E-state index contributed by atoms with van der Waals surface area (Å²) in [5.41, 5.74) is 3.09. The van der Waals surface area contributed by atoms with Gasteiger partial charge in [-0.05, 0) is 41.5 Å². The van der Waals surface area contributed by atoms with Gasteiger partial charge in [-0.25, -0.2) is 0 Å². The van der Waals surface area contributed by atoms with E-state index < -0.39 is 0 Å². The van der Waals surface area contributed by atoms with Crippen LogP contribution in [0.15, 0.2) is 77.4 Å². The largest absolute Gasteiger partial charge is 0.355 e. The van der Waals surface area contributed by atoms with Gasteiger partial charge in [0.15, 0.2) is 11.5 Å². The van der Waals surface area contributed by atoms with Crippen LogP contribution in [0.3, 0.4) is 0 Å². The maximum absolute atomic E-state index is 12.7. The van der Waals surface area contributed by atoms with Crippen molar-refractivity contribution in [2.24, 2.45) is 0 Å². The van der Waals surface area contributed by atoms with Gasteiger partial charge in [-0.1, -0.05) is 47.6 Å².